The van der Waals surface area contributed by atoms with E-state index in [0.717, 1.165) is 25.7 Å². The van der Waals surface area contributed by atoms with E-state index in [0.29, 0.717) is 28.4 Å². The van der Waals surface area contributed by atoms with E-state index in [1.165, 1.54) is 27.8 Å². The second kappa shape index (κ2) is 6.60. The van der Waals surface area contributed by atoms with Crippen LogP contribution in [0.4, 0.5) is 0 Å². The molecule has 1 fully saturated rings. The highest BCUT2D eigenvalue weighted by Crippen LogP contribution is 2.50. The highest BCUT2D eigenvalue weighted by atomic mass is 16.5. The number of fused-ring (bicyclic) bond motifs is 1. The lowest BCUT2D eigenvalue weighted by Crippen LogP contribution is -2.39. The van der Waals surface area contributed by atoms with Crippen molar-refractivity contribution in [1.29, 1.82) is 5.26 Å². The minimum absolute atomic E-state index is 0.102. The van der Waals surface area contributed by atoms with Gasteiger partial charge in [-0.25, -0.2) is 0 Å². The molecule has 1 heterocycles. The lowest BCUT2D eigenvalue weighted by molar-refractivity contribution is 0.0624. The van der Waals surface area contributed by atoms with Gasteiger partial charge in [0.2, 0.25) is 5.75 Å². The molecule has 1 atom stereocenters. The Kier molecular flexibility index (Phi) is 4.52. The summed E-state index contributed by atoms with van der Waals surface area (Å²) in [5.41, 5.74) is 1.06. The normalized spacial score (nSPS) is 20.5. The molecule has 1 unspecified atom stereocenters. The number of benzene rings is 1. The predicted octanol–water partition coefficient (Wildman–Crippen LogP) is 3.07. The number of hydrogen-bond donors (Lipinski definition) is 0. The number of rotatable bonds is 4. The summed E-state index contributed by atoms with van der Waals surface area (Å²) in [6.07, 6.45) is 5.25. The highest BCUT2D eigenvalue weighted by Gasteiger charge is 2.45. The molecule has 2 aliphatic rings. The molecule has 0 bridgehead atoms. The Bertz CT molecular complexity index is 689. The van der Waals surface area contributed by atoms with Gasteiger partial charge in [-0.15, -0.1) is 0 Å². The number of hydrogen-bond acceptors (Lipinski definition) is 5. The lowest BCUT2D eigenvalue weighted by atomic mass is 9.93. The van der Waals surface area contributed by atoms with Gasteiger partial charge in [-0.1, -0.05) is 19.3 Å². The first-order valence-electron chi connectivity index (χ1n) is 8.23. The minimum Gasteiger partial charge on any atom is -0.493 e. The predicted molar refractivity (Wildman–Crippen MR) is 87.5 cm³/mol. The van der Waals surface area contributed by atoms with Gasteiger partial charge in [0.1, 0.15) is 6.04 Å². The standard InChI is InChI=1S/C18H22N2O4/c1-22-14-9-12-15(17(24-3)16(14)23-2)13(10-19)20(18(12)21)11-7-5-4-6-8-11/h9,11,13H,4-8H2,1-3H3. The van der Waals surface area contributed by atoms with Crippen LogP contribution in [0.1, 0.15) is 54.1 Å². The third-order valence-electron chi connectivity index (χ3n) is 4.98. The smallest absolute Gasteiger partial charge is 0.256 e. The average Bonchev–Trinajstić information content (AvgIpc) is 2.92. The van der Waals surface area contributed by atoms with E-state index in [4.69, 9.17) is 14.2 Å². The van der Waals surface area contributed by atoms with E-state index in [1.54, 1.807) is 11.0 Å². The van der Waals surface area contributed by atoms with Crippen molar-refractivity contribution in [1.82, 2.24) is 4.90 Å². The topological polar surface area (TPSA) is 71.8 Å². The van der Waals surface area contributed by atoms with Crippen LogP contribution < -0.4 is 14.2 Å². The van der Waals surface area contributed by atoms with E-state index in [1.807, 2.05) is 0 Å². The van der Waals surface area contributed by atoms with Gasteiger partial charge in [-0.2, -0.15) is 5.26 Å². The van der Waals surface area contributed by atoms with Crippen molar-refractivity contribution >= 4 is 5.91 Å². The summed E-state index contributed by atoms with van der Waals surface area (Å²) >= 11 is 0. The molecule has 1 aliphatic carbocycles. The van der Waals surface area contributed by atoms with Crippen molar-refractivity contribution in [3.63, 3.8) is 0 Å². The van der Waals surface area contributed by atoms with Crippen molar-refractivity contribution in [3.05, 3.63) is 17.2 Å². The summed E-state index contributed by atoms with van der Waals surface area (Å²) in [5, 5.41) is 9.77. The molecule has 1 aliphatic heterocycles. The Balaban J connectivity index is 2.14. The molecule has 0 N–H and O–H groups in total. The first kappa shape index (κ1) is 16.4. The van der Waals surface area contributed by atoms with Crippen molar-refractivity contribution in [2.75, 3.05) is 21.3 Å². The van der Waals surface area contributed by atoms with Crippen LogP contribution >= 0.6 is 0 Å². The molecule has 0 saturated heterocycles. The fourth-order valence-electron chi connectivity index (χ4n) is 3.88. The van der Waals surface area contributed by atoms with E-state index in [9.17, 15) is 10.1 Å². The molecule has 1 saturated carbocycles. The lowest BCUT2D eigenvalue weighted by Gasteiger charge is -2.33. The van der Waals surface area contributed by atoms with E-state index >= 15 is 0 Å². The zero-order valence-electron chi connectivity index (χ0n) is 14.3. The van der Waals surface area contributed by atoms with E-state index in [2.05, 4.69) is 6.07 Å². The fourth-order valence-corrected chi connectivity index (χ4v) is 3.88. The van der Waals surface area contributed by atoms with Gasteiger partial charge in [0.15, 0.2) is 11.5 Å². The van der Waals surface area contributed by atoms with Crippen LogP contribution in [0.25, 0.3) is 0 Å². The molecule has 1 amide bonds. The Hall–Kier alpha value is -2.42. The van der Waals surface area contributed by atoms with Crippen molar-refractivity contribution < 1.29 is 19.0 Å². The number of carbonyl (C=O) groups is 1. The first-order valence-corrected chi connectivity index (χ1v) is 8.23. The quantitative estimate of drug-likeness (QED) is 0.848. The van der Waals surface area contributed by atoms with Crippen LogP contribution in [0, 0.1) is 11.3 Å². The van der Waals surface area contributed by atoms with Gasteiger partial charge >= 0.3 is 0 Å². The molecular weight excluding hydrogens is 308 g/mol. The molecule has 0 aromatic heterocycles. The van der Waals surface area contributed by atoms with Gasteiger partial charge in [-0.05, 0) is 18.9 Å². The number of nitriles is 1. The molecular formula is C18H22N2O4. The molecule has 24 heavy (non-hydrogen) atoms. The third-order valence-corrected chi connectivity index (χ3v) is 4.98. The summed E-state index contributed by atoms with van der Waals surface area (Å²) in [4.78, 5) is 14.8. The number of amides is 1. The molecule has 128 valence electrons. The molecule has 1 aromatic rings. The molecule has 1 aromatic carbocycles. The zero-order chi connectivity index (χ0) is 17.3. The third kappa shape index (κ3) is 2.35. The van der Waals surface area contributed by atoms with E-state index < -0.39 is 6.04 Å². The van der Waals surface area contributed by atoms with Crippen molar-refractivity contribution in [3.8, 4) is 23.3 Å². The Morgan fingerprint density at radius 3 is 2.29 bits per heavy atom. The summed E-state index contributed by atoms with van der Waals surface area (Å²) < 4.78 is 16.2. The Morgan fingerprint density at radius 2 is 1.75 bits per heavy atom. The summed E-state index contributed by atoms with van der Waals surface area (Å²) in [6, 6.07) is 3.40. The largest absolute Gasteiger partial charge is 0.493 e. The molecule has 0 spiro atoms. The average molecular weight is 330 g/mol. The van der Waals surface area contributed by atoms with Gasteiger partial charge < -0.3 is 19.1 Å². The highest BCUT2D eigenvalue weighted by molar-refractivity contribution is 6.02. The minimum atomic E-state index is -0.648. The van der Waals surface area contributed by atoms with Gasteiger partial charge in [0.25, 0.3) is 5.91 Å². The maximum atomic E-state index is 13.0. The van der Waals surface area contributed by atoms with Crippen LogP contribution in [0.15, 0.2) is 6.07 Å². The van der Waals surface area contributed by atoms with Gasteiger partial charge in [0, 0.05) is 11.6 Å². The zero-order valence-corrected chi connectivity index (χ0v) is 14.3. The fraction of sp³-hybridized carbons (Fsp3) is 0.556. The second-order valence-corrected chi connectivity index (χ2v) is 6.14. The first-order chi connectivity index (χ1) is 11.7. The van der Waals surface area contributed by atoms with Crippen LogP contribution in [-0.4, -0.2) is 38.2 Å². The maximum absolute atomic E-state index is 13.0. The SMILES string of the molecule is COc1cc2c(c(OC)c1OC)C(C#N)N(C1CCCCC1)C2=O. The van der Waals surface area contributed by atoms with Crippen LogP contribution in [0.2, 0.25) is 0 Å². The Labute approximate surface area is 141 Å². The molecule has 3 rings (SSSR count). The number of methoxy groups -OCH3 is 3. The number of ether oxygens (including phenoxy) is 3. The monoisotopic (exact) mass is 330 g/mol. The summed E-state index contributed by atoms with van der Waals surface area (Å²) in [7, 11) is 4.55. The van der Waals surface area contributed by atoms with Crippen LogP contribution in [-0.2, 0) is 0 Å². The maximum Gasteiger partial charge on any atom is 0.256 e. The number of nitrogens with zero attached hydrogens (tertiary/aromatic N) is 2. The molecule has 6 nitrogen and oxygen atoms in total. The van der Waals surface area contributed by atoms with Gasteiger partial charge in [-0.3, -0.25) is 4.79 Å². The summed E-state index contributed by atoms with van der Waals surface area (Å²) in [5.74, 6) is 1.13. The Morgan fingerprint density at radius 1 is 1.08 bits per heavy atom. The second-order valence-electron chi connectivity index (χ2n) is 6.14. The summed E-state index contributed by atoms with van der Waals surface area (Å²) in [6.45, 7) is 0. The molecule has 6 heteroatoms. The molecule has 0 radical (unpaired) electrons. The van der Waals surface area contributed by atoms with Gasteiger partial charge in [0.05, 0.1) is 33.0 Å². The van der Waals surface area contributed by atoms with Crippen molar-refractivity contribution in [2.45, 2.75) is 44.2 Å². The van der Waals surface area contributed by atoms with Crippen LogP contribution in [0.3, 0.4) is 0 Å². The van der Waals surface area contributed by atoms with Crippen molar-refractivity contribution in [2.24, 2.45) is 0 Å². The van der Waals surface area contributed by atoms with Crippen LogP contribution in [0.5, 0.6) is 17.2 Å². The number of carbonyl (C=O) groups excluding carboxylic acids is 1. The van der Waals surface area contributed by atoms with E-state index in [-0.39, 0.29) is 11.9 Å².